The van der Waals surface area contributed by atoms with Gasteiger partial charge in [-0.1, -0.05) is 24.3 Å². The zero-order valence-corrected chi connectivity index (χ0v) is 16.0. The van der Waals surface area contributed by atoms with Crippen molar-refractivity contribution in [1.82, 2.24) is 14.7 Å². The summed E-state index contributed by atoms with van der Waals surface area (Å²) in [7, 11) is 0. The predicted molar refractivity (Wildman–Crippen MR) is 101 cm³/mol. The maximum Gasteiger partial charge on any atom is 0.409 e. The van der Waals surface area contributed by atoms with Crippen LogP contribution in [-0.4, -0.2) is 83.8 Å². The Hall–Kier alpha value is -2.12. The smallest absolute Gasteiger partial charge is 0.409 e. The van der Waals surface area contributed by atoms with Crippen molar-refractivity contribution >= 4 is 12.0 Å². The Morgan fingerprint density at radius 2 is 1.78 bits per heavy atom. The Bertz CT molecular complexity index is 666. The van der Waals surface area contributed by atoms with Crippen molar-refractivity contribution in [1.29, 1.82) is 0 Å². The molecular weight excluding hydrogens is 346 g/mol. The van der Waals surface area contributed by atoms with E-state index in [2.05, 4.69) is 23.1 Å². The van der Waals surface area contributed by atoms with E-state index in [0.29, 0.717) is 32.7 Å². The van der Waals surface area contributed by atoms with E-state index in [-0.39, 0.29) is 12.5 Å². The average Bonchev–Trinajstić information content (AvgIpc) is 2.92. The SMILES string of the molecule is CC(=O)N1CCCN(C(=O)OCC(O)CN2CCc3ccccc3C2)CC1. The minimum atomic E-state index is -0.708. The summed E-state index contributed by atoms with van der Waals surface area (Å²) in [5.74, 6) is 0.0312. The van der Waals surface area contributed by atoms with Crippen molar-refractivity contribution in [3.05, 3.63) is 35.4 Å². The van der Waals surface area contributed by atoms with Gasteiger partial charge in [0, 0.05) is 52.7 Å². The summed E-state index contributed by atoms with van der Waals surface area (Å²) >= 11 is 0. The van der Waals surface area contributed by atoms with Gasteiger partial charge >= 0.3 is 6.09 Å². The van der Waals surface area contributed by atoms with Crippen LogP contribution in [0.3, 0.4) is 0 Å². The Morgan fingerprint density at radius 3 is 2.56 bits per heavy atom. The first-order valence-electron chi connectivity index (χ1n) is 9.67. The highest BCUT2D eigenvalue weighted by Crippen LogP contribution is 2.18. The average molecular weight is 375 g/mol. The molecule has 1 aromatic carbocycles. The van der Waals surface area contributed by atoms with Crippen molar-refractivity contribution in [3.8, 4) is 0 Å². The van der Waals surface area contributed by atoms with Crippen LogP contribution in [-0.2, 0) is 22.5 Å². The molecule has 7 heteroatoms. The molecule has 0 aromatic heterocycles. The van der Waals surface area contributed by atoms with Crippen molar-refractivity contribution in [3.63, 3.8) is 0 Å². The number of hydrogen-bond donors (Lipinski definition) is 1. The van der Waals surface area contributed by atoms with Crippen LogP contribution in [0, 0.1) is 0 Å². The lowest BCUT2D eigenvalue weighted by Gasteiger charge is -2.30. The van der Waals surface area contributed by atoms with E-state index in [9.17, 15) is 14.7 Å². The van der Waals surface area contributed by atoms with Gasteiger partial charge in [0.25, 0.3) is 0 Å². The number of ether oxygens (including phenoxy) is 1. The molecule has 27 heavy (non-hydrogen) atoms. The number of β-amino-alcohol motifs (C(OH)–C–C–N with tert-alkyl or cyclic N) is 1. The number of benzene rings is 1. The van der Waals surface area contributed by atoms with E-state index in [1.165, 1.54) is 11.1 Å². The van der Waals surface area contributed by atoms with Crippen molar-refractivity contribution in [2.45, 2.75) is 32.4 Å². The molecule has 0 saturated carbocycles. The fourth-order valence-corrected chi connectivity index (χ4v) is 3.73. The Morgan fingerprint density at radius 1 is 1.07 bits per heavy atom. The summed E-state index contributed by atoms with van der Waals surface area (Å²) in [5, 5.41) is 10.3. The zero-order chi connectivity index (χ0) is 19.2. The number of amides is 2. The number of rotatable bonds is 4. The largest absolute Gasteiger partial charge is 0.447 e. The zero-order valence-electron chi connectivity index (χ0n) is 16.0. The van der Waals surface area contributed by atoms with Crippen LogP contribution in [0.15, 0.2) is 24.3 Å². The molecule has 1 fully saturated rings. The van der Waals surface area contributed by atoms with Gasteiger partial charge in [0.1, 0.15) is 12.7 Å². The highest BCUT2D eigenvalue weighted by molar-refractivity contribution is 5.73. The number of aliphatic hydroxyl groups is 1. The van der Waals surface area contributed by atoms with E-state index in [4.69, 9.17) is 4.74 Å². The van der Waals surface area contributed by atoms with Crippen LogP contribution in [0.1, 0.15) is 24.5 Å². The van der Waals surface area contributed by atoms with Gasteiger partial charge in [0.2, 0.25) is 5.91 Å². The van der Waals surface area contributed by atoms with Crippen molar-refractivity contribution in [2.75, 3.05) is 45.9 Å². The molecule has 0 aliphatic carbocycles. The number of carbonyl (C=O) groups excluding carboxylic acids is 2. The number of aliphatic hydroxyl groups excluding tert-OH is 1. The van der Waals surface area contributed by atoms with Crippen molar-refractivity contribution in [2.24, 2.45) is 0 Å². The van der Waals surface area contributed by atoms with Gasteiger partial charge in [-0.25, -0.2) is 4.79 Å². The van der Waals surface area contributed by atoms with Gasteiger partial charge in [-0.3, -0.25) is 9.69 Å². The van der Waals surface area contributed by atoms with Crippen LogP contribution in [0.5, 0.6) is 0 Å². The van der Waals surface area contributed by atoms with Gasteiger partial charge in [0.15, 0.2) is 0 Å². The second-order valence-corrected chi connectivity index (χ2v) is 7.33. The summed E-state index contributed by atoms with van der Waals surface area (Å²) < 4.78 is 5.31. The van der Waals surface area contributed by atoms with Crippen LogP contribution < -0.4 is 0 Å². The molecule has 0 spiro atoms. The van der Waals surface area contributed by atoms with E-state index < -0.39 is 12.2 Å². The van der Waals surface area contributed by atoms with Gasteiger partial charge < -0.3 is 19.6 Å². The lowest BCUT2D eigenvalue weighted by molar-refractivity contribution is -0.128. The normalized spacial score (nSPS) is 19.2. The molecule has 1 atom stereocenters. The molecular formula is C20H29N3O4. The molecule has 2 heterocycles. The third-order valence-corrected chi connectivity index (χ3v) is 5.28. The molecule has 2 amide bonds. The van der Waals surface area contributed by atoms with Gasteiger partial charge in [-0.2, -0.15) is 0 Å². The van der Waals surface area contributed by atoms with Gasteiger partial charge in [-0.15, -0.1) is 0 Å². The predicted octanol–water partition coefficient (Wildman–Crippen LogP) is 1.10. The standard InChI is InChI=1S/C20H29N3O4/c1-16(24)22-8-4-9-23(12-11-22)20(26)27-15-19(25)14-21-10-7-17-5-2-3-6-18(17)13-21/h2-3,5-6,19,25H,4,7-15H2,1H3. The van der Waals surface area contributed by atoms with Crippen LogP contribution in [0.2, 0.25) is 0 Å². The first-order chi connectivity index (χ1) is 13.0. The summed E-state index contributed by atoms with van der Waals surface area (Å²) in [5.41, 5.74) is 2.67. The Balaban J connectivity index is 1.41. The van der Waals surface area contributed by atoms with E-state index in [1.807, 2.05) is 6.07 Å². The summed E-state index contributed by atoms with van der Waals surface area (Å²) in [4.78, 5) is 29.3. The number of nitrogens with zero attached hydrogens (tertiary/aromatic N) is 3. The Kier molecular flexibility index (Phi) is 6.68. The summed E-state index contributed by atoms with van der Waals surface area (Å²) in [6.45, 7) is 5.97. The topological polar surface area (TPSA) is 73.3 Å². The molecule has 2 aliphatic heterocycles. The first-order valence-corrected chi connectivity index (χ1v) is 9.67. The first kappa shape index (κ1) is 19.6. The third kappa shape index (κ3) is 5.43. The Labute approximate surface area is 160 Å². The molecule has 0 bridgehead atoms. The number of fused-ring (bicyclic) bond motifs is 1. The van der Waals surface area contributed by atoms with E-state index in [0.717, 1.165) is 25.9 Å². The van der Waals surface area contributed by atoms with E-state index >= 15 is 0 Å². The van der Waals surface area contributed by atoms with Crippen LogP contribution in [0.4, 0.5) is 4.79 Å². The molecule has 3 rings (SSSR count). The van der Waals surface area contributed by atoms with Crippen molar-refractivity contribution < 1.29 is 19.4 Å². The quantitative estimate of drug-likeness (QED) is 0.853. The van der Waals surface area contributed by atoms with Gasteiger partial charge in [-0.05, 0) is 24.0 Å². The highest BCUT2D eigenvalue weighted by Gasteiger charge is 2.23. The molecule has 1 N–H and O–H groups in total. The molecule has 0 radical (unpaired) electrons. The monoisotopic (exact) mass is 375 g/mol. The fraction of sp³-hybridized carbons (Fsp3) is 0.600. The van der Waals surface area contributed by atoms with Crippen LogP contribution >= 0.6 is 0 Å². The molecule has 7 nitrogen and oxygen atoms in total. The molecule has 1 saturated heterocycles. The molecule has 1 unspecified atom stereocenters. The maximum absolute atomic E-state index is 12.3. The minimum Gasteiger partial charge on any atom is -0.447 e. The minimum absolute atomic E-state index is 0.0100. The summed E-state index contributed by atoms with van der Waals surface area (Å²) in [6, 6.07) is 8.37. The van der Waals surface area contributed by atoms with Gasteiger partial charge in [0.05, 0.1) is 0 Å². The third-order valence-electron chi connectivity index (χ3n) is 5.28. The van der Waals surface area contributed by atoms with E-state index in [1.54, 1.807) is 16.7 Å². The number of carbonyl (C=O) groups is 2. The molecule has 1 aromatic rings. The summed E-state index contributed by atoms with van der Waals surface area (Å²) in [6.07, 6.45) is 0.594. The molecule has 2 aliphatic rings. The second kappa shape index (κ2) is 9.19. The maximum atomic E-state index is 12.3. The highest BCUT2D eigenvalue weighted by atomic mass is 16.6. The lowest BCUT2D eigenvalue weighted by atomic mass is 10.00. The van der Waals surface area contributed by atoms with Crippen LogP contribution in [0.25, 0.3) is 0 Å². The lowest BCUT2D eigenvalue weighted by Crippen LogP contribution is -2.41. The molecule has 148 valence electrons. The fourth-order valence-electron chi connectivity index (χ4n) is 3.73. The second-order valence-electron chi connectivity index (χ2n) is 7.33. The number of hydrogen-bond acceptors (Lipinski definition) is 5.